The highest BCUT2D eigenvalue weighted by molar-refractivity contribution is 5.93. The Morgan fingerprint density at radius 1 is 1.07 bits per heavy atom. The lowest BCUT2D eigenvalue weighted by molar-refractivity contribution is 0.0947. The Morgan fingerprint density at radius 2 is 1.71 bits per heavy atom. The van der Waals surface area contributed by atoms with Gasteiger partial charge in [0.2, 0.25) is 0 Å². The third-order valence-electron chi connectivity index (χ3n) is 4.70. The molecule has 152 valence electrons. The molecule has 0 aliphatic rings. The topological polar surface area (TPSA) is 57.3 Å². The number of rotatable bonds is 9. The number of para-hydroxylation sites is 1. The maximum atomic E-state index is 12.4. The molecule has 0 fully saturated rings. The molecule has 5 nitrogen and oxygen atoms in total. The lowest BCUT2D eigenvalue weighted by Gasteiger charge is -2.21. The van der Waals surface area contributed by atoms with Gasteiger partial charge in [-0.25, -0.2) is 0 Å². The smallest absolute Gasteiger partial charge is 0.269 e. The number of carbonyl (C=O) groups is 1. The van der Waals surface area contributed by atoms with Gasteiger partial charge in [0.25, 0.3) is 5.91 Å². The molecule has 0 aliphatic carbocycles. The summed E-state index contributed by atoms with van der Waals surface area (Å²) < 4.78 is 0. The van der Waals surface area contributed by atoms with E-state index in [9.17, 15) is 4.79 Å². The van der Waals surface area contributed by atoms with Crippen LogP contribution in [0, 0.1) is 0 Å². The Balaban J connectivity index is 2.18. The van der Waals surface area contributed by atoms with E-state index in [0.717, 1.165) is 24.3 Å². The van der Waals surface area contributed by atoms with Crippen LogP contribution in [0.5, 0.6) is 0 Å². The maximum Gasteiger partial charge on any atom is 0.269 e. The van der Waals surface area contributed by atoms with Crippen LogP contribution < -0.4 is 10.6 Å². The number of anilines is 2. The maximum absolute atomic E-state index is 12.4. The fourth-order valence-corrected chi connectivity index (χ4v) is 3.16. The van der Waals surface area contributed by atoms with Gasteiger partial charge in [0.1, 0.15) is 5.69 Å². The fraction of sp³-hybridized carbons (Fsp3) is 0.478. The first-order valence-corrected chi connectivity index (χ1v) is 10.1. The Kier molecular flexibility index (Phi) is 8.00. The van der Waals surface area contributed by atoms with Gasteiger partial charge in [-0.15, -0.1) is 0 Å². The van der Waals surface area contributed by atoms with Crippen molar-refractivity contribution in [1.82, 2.24) is 15.2 Å². The molecule has 28 heavy (non-hydrogen) atoms. The minimum absolute atomic E-state index is 0.136. The summed E-state index contributed by atoms with van der Waals surface area (Å²) in [6.45, 7) is 10.4. The van der Waals surface area contributed by atoms with Crippen LogP contribution in [0.15, 0.2) is 36.5 Å². The first kappa shape index (κ1) is 21.9. The SMILES string of the molecule is CC(C)c1cccc(C(C)C)c1Nc1ccnc(C(=O)NCCCN(C)C)c1. The van der Waals surface area contributed by atoms with Crippen LogP contribution in [0.1, 0.15) is 67.6 Å². The van der Waals surface area contributed by atoms with Gasteiger partial charge in [-0.3, -0.25) is 9.78 Å². The molecule has 0 spiro atoms. The summed E-state index contributed by atoms with van der Waals surface area (Å²) in [7, 11) is 4.05. The van der Waals surface area contributed by atoms with Crippen LogP contribution in [-0.2, 0) is 0 Å². The van der Waals surface area contributed by atoms with Gasteiger partial charge in [-0.1, -0.05) is 45.9 Å². The van der Waals surface area contributed by atoms with Crippen LogP contribution in [0.2, 0.25) is 0 Å². The molecule has 1 heterocycles. The van der Waals surface area contributed by atoms with E-state index in [-0.39, 0.29) is 5.91 Å². The number of benzene rings is 1. The molecule has 1 aromatic carbocycles. The van der Waals surface area contributed by atoms with Crippen molar-refractivity contribution < 1.29 is 4.79 Å². The van der Waals surface area contributed by atoms with Gasteiger partial charge >= 0.3 is 0 Å². The van der Waals surface area contributed by atoms with Crippen molar-refractivity contribution in [3.8, 4) is 0 Å². The van der Waals surface area contributed by atoms with E-state index < -0.39 is 0 Å². The second-order valence-electron chi connectivity index (χ2n) is 8.09. The van der Waals surface area contributed by atoms with Crippen LogP contribution >= 0.6 is 0 Å². The van der Waals surface area contributed by atoms with Gasteiger partial charge < -0.3 is 15.5 Å². The first-order chi connectivity index (χ1) is 13.3. The number of hydrogen-bond acceptors (Lipinski definition) is 4. The third-order valence-corrected chi connectivity index (χ3v) is 4.70. The number of amides is 1. The van der Waals surface area contributed by atoms with Gasteiger partial charge in [0.05, 0.1) is 0 Å². The molecule has 0 radical (unpaired) electrons. The summed E-state index contributed by atoms with van der Waals surface area (Å²) in [4.78, 5) is 18.8. The van der Waals surface area contributed by atoms with Crippen molar-refractivity contribution in [1.29, 1.82) is 0 Å². The standard InChI is InChI=1S/C23H34N4O/c1-16(2)19-9-7-10-20(17(3)4)22(19)26-18-11-13-24-21(15-18)23(28)25-12-8-14-27(5)6/h7,9-11,13,15-17H,8,12,14H2,1-6H3,(H,24,26)(H,25,28). The zero-order valence-corrected chi connectivity index (χ0v) is 18.0. The minimum Gasteiger partial charge on any atom is -0.355 e. The number of hydrogen-bond donors (Lipinski definition) is 2. The van der Waals surface area contributed by atoms with Crippen molar-refractivity contribution in [2.45, 2.75) is 46.0 Å². The summed E-state index contributed by atoms with van der Waals surface area (Å²) in [5, 5.41) is 6.50. The monoisotopic (exact) mass is 382 g/mol. The van der Waals surface area contributed by atoms with Crippen LogP contribution in [0.4, 0.5) is 11.4 Å². The molecule has 0 bridgehead atoms. The van der Waals surface area contributed by atoms with Crippen molar-refractivity contribution in [2.75, 3.05) is 32.5 Å². The fourth-order valence-electron chi connectivity index (χ4n) is 3.16. The molecule has 2 N–H and O–H groups in total. The molecule has 2 aromatic rings. The van der Waals surface area contributed by atoms with E-state index in [1.807, 2.05) is 26.2 Å². The number of aromatic nitrogens is 1. The molecule has 0 unspecified atom stereocenters. The number of pyridine rings is 1. The highest BCUT2D eigenvalue weighted by Crippen LogP contribution is 2.34. The molecule has 0 aliphatic heterocycles. The van der Waals surface area contributed by atoms with Crippen LogP contribution in [0.25, 0.3) is 0 Å². The average molecular weight is 383 g/mol. The molecule has 0 atom stereocenters. The summed E-state index contributed by atoms with van der Waals surface area (Å²) in [5.74, 6) is 0.675. The normalized spacial score (nSPS) is 11.3. The van der Waals surface area contributed by atoms with Crippen molar-refractivity contribution in [2.24, 2.45) is 0 Å². The average Bonchev–Trinajstić information content (AvgIpc) is 2.65. The predicted octanol–water partition coefficient (Wildman–Crippen LogP) is 4.75. The Bertz CT molecular complexity index is 758. The highest BCUT2D eigenvalue weighted by atomic mass is 16.1. The zero-order chi connectivity index (χ0) is 20.7. The molecule has 0 saturated heterocycles. The van der Waals surface area contributed by atoms with Gasteiger partial charge in [0, 0.05) is 24.1 Å². The van der Waals surface area contributed by atoms with E-state index >= 15 is 0 Å². The lowest BCUT2D eigenvalue weighted by Crippen LogP contribution is -2.27. The minimum atomic E-state index is -0.136. The molecular weight excluding hydrogens is 348 g/mol. The third kappa shape index (κ3) is 6.06. The summed E-state index contributed by atoms with van der Waals surface area (Å²) in [6.07, 6.45) is 2.60. The second-order valence-corrected chi connectivity index (χ2v) is 8.09. The first-order valence-electron chi connectivity index (χ1n) is 10.1. The molecule has 1 aromatic heterocycles. The largest absolute Gasteiger partial charge is 0.355 e. The van der Waals surface area contributed by atoms with Crippen LogP contribution in [-0.4, -0.2) is 43.0 Å². The van der Waals surface area contributed by atoms with E-state index in [4.69, 9.17) is 0 Å². The van der Waals surface area contributed by atoms with E-state index in [1.54, 1.807) is 6.20 Å². The second kappa shape index (κ2) is 10.2. The Morgan fingerprint density at radius 3 is 2.29 bits per heavy atom. The molecule has 2 rings (SSSR count). The number of nitrogens with zero attached hydrogens (tertiary/aromatic N) is 2. The molecular formula is C23H34N4O. The predicted molar refractivity (Wildman–Crippen MR) is 118 cm³/mol. The highest BCUT2D eigenvalue weighted by Gasteiger charge is 2.15. The molecule has 5 heteroatoms. The van der Waals surface area contributed by atoms with Gasteiger partial charge in [0.15, 0.2) is 0 Å². The van der Waals surface area contributed by atoms with E-state index in [1.165, 1.54) is 11.1 Å². The number of nitrogens with one attached hydrogen (secondary N) is 2. The Hall–Kier alpha value is -2.40. The van der Waals surface area contributed by atoms with Gasteiger partial charge in [-0.2, -0.15) is 0 Å². The zero-order valence-electron chi connectivity index (χ0n) is 18.0. The van der Waals surface area contributed by atoms with Gasteiger partial charge in [-0.05, 0) is 62.2 Å². The number of carbonyl (C=O) groups excluding carboxylic acids is 1. The summed E-state index contributed by atoms with van der Waals surface area (Å²) in [5.41, 5.74) is 5.00. The van der Waals surface area contributed by atoms with Crippen molar-refractivity contribution in [3.05, 3.63) is 53.3 Å². The van der Waals surface area contributed by atoms with Crippen molar-refractivity contribution in [3.63, 3.8) is 0 Å². The van der Waals surface area contributed by atoms with Crippen LogP contribution in [0.3, 0.4) is 0 Å². The molecule has 1 amide bonds. The molecule has 0 saturated carbocycles. The Labute approximate surface area is 169 Å². The lowest BCUT2D eigenvalue weighted by atomic mass is 9.92. The van der Waals surface area contributed by atoms with E-state index in [2.05, 4.69) is 66.4 Å². The summed E-state index contributed by atoms with van der Waals surface area (Å²) >= 11 is 0. The van der Waals surface area contributed by atoms with Crippen molar-refractivity contribution >= 4 is 17.3 Å². The quantitative estimate of drug-likeness (QED) is 0.614. The van der Waals surface area contributed by atoms with E-state index in [0.29, 0.717) is 24.1 Å². The summed E-state index contributed by atoms with van der Waals surface area (Å²) in [6, 6.07) is 10.2.